The van der Waals surface area contributed by atoms with Crippen LogP contribution in [0.25, 0.3) is 17.4 Å². The molecule has 0 spiro atoms. The first kappa shape index (κ1) is 76.1. The van der Waals surface area contributed by atoms with Crippen LogP contribution in [0.2, 0.25) is 0 Å². The summed E-state index contributed by atoms with van der Waals surface area (Å²) < 4.78 is 177. The van der Waals surface area contributed by atoms with E-state index in [-0.39, 0.29) is 82.1 Å². The highest BCUT2D eigenvalue weighted by molar-refractivity contribution is 7.86. The fraction of sp³-hybridized carbons (Fsp3) is 0.661. The lowest BCUT2D eigenvalue weighted by Gasteiger charge is -2.30. The minimum atomic E-state index is -4.66. The second-order valence-corrected chi connectivity index (χ2v) is 26.0. The lowest BCUT2D eigenvalue weighted by molar-refractivity contribution is -0.138. The van der Waals surface area contributed by atoms with Gasteiger partial charge in [-0.25, -0.2) is 4.58 Å². The van der Waals surface area contributed by atoms with Crippen molar-refractivity contribution in [1.82, 2.24) is 4.58 Å². The van der Waals surface area contributed by atoms with Gasteiger partial charge < -0.3 is 71.3 Å². The highest BCUT2D eigenvalue weighted by Crippen LogP contribution is 2.51. The van der Waals surface area contributed by atoms with Crippen LogP contribution in [0.1, 0.15) is 70.3 Å². The van der Waals surface area contributed by atoms with Crippen LogP contribution in [0.3, 0.4) is 0 Å². The van der Waals surface area contributed by atoms with Crippen molar-refractivity contribution < 1.29 is 110 Å². The standard InChI is InChI=1S/C59H92N2O24S3/c1-58(2,3)52-46-49(85-55-45-48(11-13-51(52)55)60(17-8-44-87(67,68)69)18-21-75-26-29-79-34-37-83-40-39-81-32-31-77-24-23-73-5)9-6-10-56-59(4,16-7-43-86(64,65)66)53-47-50(88(70,71)72)12-14-54(53)61(56)19-22-76-27-30-80-35-38-84-42-41-82-36-33-78-28-25-74-20-15-57(62)63/h6,9-14,45-47H,7-8,15-44H2,1-5H3,(H3-,62,63,64,65,66,67,68,69,70,71,72)/p+1. The molecule has 0 aromatic heterocycles. The third kappa shape index (κ3) is 30.2. The minimum Gasteiger partial charge on any atom is -0.481 e. The number of carboxylic acids is 1. The summed E-state index contributed by atoms with van der Waals surface area (Å²) in [5, 5.41) is 9.35. The maximum atomic E-state index is 12.5. The molecule has 3 aliphatic rings. The quantitative estimate of drug-likeness (QED) is 0.0340. The van der Waals surface area contributed by atoms with Crippen molar-refractivity contribution in [2.24, 2.45) is 0 Å². The van der Waals surface area contributed by atoms with Crippen molar-refractivity contribution in [2.45, 2.75) is 69.1 Å². The van der Waals surface area contributed by atoms with E-state index in [1.807, 2.05) is 46.7 Å². The van der Waals surface area contributed by atoms with Gasteiger partial charge in [0.2, 0.25) is 5.36 Å². The summed E-state index contributed by atoms with van der Waals surface area (Å²) in [5.41, 5.74) is 2.12. The highest BCUT2D eigenvalue weighted by atomic mass is 32.2. The normalized spacial score (nSPS) is 15.8. The minimum absolute atomic E-state index is 0.00151. The second kappa shape index (κ2) is 40.5. The van der Waals surface area contributed by atoms with Gasteiger partial charge in [-0.3, -0.25) is 18.5 Å². The molecule has 0 radical (unpaired) electrons. The average Bonchev–Trinajstić information content (AvgIpc) is 1.78. The monoisotopic (exact) mass is 1310 g/mol. The Morgan fingerprint density at radius 1 is 0.602 bits per heavy atom. The number of hydrogen-bond donors (Lipinski definition) is 4. The van der Waals surface area contributed by atoms with Gasteiger partial charge in [-0.2, -0.15) is 25.3 Å². The zero-order chi connectivity index (χ0) is 64.3. The molecule has 2 aliphatic heterocycles. The summed E-state index contributed by atoms with van der Waals surface area (Å²) in [6.07, 6.45) is 5.61. The Kier molecular flexibility index (Phi) is 35.0. The van der Waals surface area contributed by atoms with Gasteiger partial charge in [0.15, 0.2) is 6.54 Å². The van der Waals surface area contributed by atoms with Crippen LogP contribution in [0.5, 0.6) is 0 Å². The van der Waals surface area contributed by atoms with E-state index in [2.05, 4.69) is 20.8 Å². The van der Waals surface area contributed by atoms with Gasteiger partial charge in [0.25, 0.3) is 30.4 Å². The van der Waals surface area contributed by atoms with Crippen LogP contribution in [0, 0.1) is 0 Å². The zero-order valence-electron chi connectivity index (χ0n) is 51.5. The third-order valence-electron chi connectivity index (χ3n) is 13.6. The number of ether oxygens (including phenoxy) is 12. The largest absolute Gasteiger partial charge is 0.481 e. The van der Waals surface area contributed by atoms with E-state index >= 15 is 0 Å². The number of fused-ring (bicyclic) bond motifs is 2. The van der Waals surface area contributed by atoms with Crippen molar-refractivity contribution in [2.75, 3.05) is 195 Å². The molecule has 1 aromatic carbocycles. The molecule has 88 heavy (non-hydrogen) atoms. The number of allylic oxidation sites excluding steroid dienone is 3. The zero-order valence-corrected chi connectivity index (χ0v) is 53.9. The molecule has 1 aromatic rings. The summed E-state index contributed by atoms with van der Waals surface area (Å²) in [4.78, 5) is 12.1. The number of methoxy groups -OCH3 is 1. The smallest absolute Gasteiger partial charge is 0.305 e. The molecule has 1 atom stereocenters. The van der Waals surface area contributed by atoms with Gasteiger partial charge in [-0.15, -0.1) is 0 Å². The Labute approximate surface area is 518 Å². The molecule has 0 bridgehead atoms. The number of benzene rings is 2. The Bertz CT molecular complexity index is 2960. The van der Waals surface area contributed by atoms with Gasteiger partial charge in [-0.05, 0) is 78.8 Å². The molecule has 29 heteroatoms. The molecule has 0 saturated heterocycles. The van der Waals surface area contributed by atoms with Crippen molar-refractivity contribution in [3.8, 4) is 11.3 Å². The Morgan fingerprint density at radius 3 is 1.56 bits per heavy atom. The van der Waals surface area contributed by atoms with Gasteiger partial charge in [0.05, 0.1) is 174 Å². The predicted octanol–water partition coefficient (Wildman–Crippen LogP) is 4.63. The number of nitrogens with zero attached hydrogens (tertiary/aromatic N) is 2. The van der Waals surface area contributed by atoms with E-state index in [1.165, 1.54) is 12.1 Å². The third-order valence-corrected chi connectivity index (χ3v) is 16.0. The van der Waals surface area contributed by atoms with Gasteiger partial charge in [0, 0.05) is 48.5 Å². The molecule has 500 valence electrons. The molecule has 4 N–H and O–H groups in total. The van der Waals surface area contributed by atoms with Crippen LogP contribution in [-0.4, -0.2) is 240 Å². The highest BCUT2D eigenvalue weighted by Gasteiger charge is 2.44. The molecule has 0 saturated carbocycles. The molecule has 2 heterocycles. The van der Waals surface area contributed by atoms with Gasteiger partial charge >= 0.3 is 5.97 Å². The maximum absolute atomic E-state index is 12.5. The fourth-order valence-electron chi connectivity index (χ4n) is 9.26. The summed E-state index contributed by atoms with van der Waals surface area (Å²) in [6.45, 7) is 17.0. The Hall–Kier alpha value is -4.35. The molecule has 26 nitrogen and oxygen atoms in total. The van der Waals surface area contributed by atoms with E-state index in [4.69, 9.17) is 66.4 Å². The molecule has 0 fully saturated rings. The average molecular weight is 1310 g/mol. The molecule has 1 aliphatic carbocycles. The SMILES string of the molecule is COCCOCCOCCOCCOCCOCC[N+](CCCS(=O)(=O)O)=c1ccc2c(C(C)(C)C)cc(/C=C/C=C3/N(CCOCCOCCOCCOCCOCCOCCC(=O)O)c4ccc(S(=O)(=O)O)cc4C3(C)CCCS(=O)(=O)O)oc-2c1. The van der Waals surface area contributed by atoms with Gasteiger partial charge in [0.1, 0.15) is 24.7 Å². The summed E-state index contributed by atoms with van der Waals surface area (Å²) in [5.74, 6) is -0.910. The molecule has 0 amide bonds. The predicted molar refractivity (Wildman–Crippen MR) is 327 cm³/mol. The molecular formula is C59H93N2O24S3+. The van der Waals surface area contributed by atoms with Crippen LogP contribution >= 0.6 is 0 Å². The second-order valence-electron chi connectivity index (χ2n) is 21.4. The summed E-state index contributed by atoms with van der Waals surface area (Å²) in [6, 6.07) is 11.9. The van der Waals surface area contributed by atoms with Crippen molar-refractivity contribution in [3.63, 3.8) is 0 Å². The number of carbonyl (C=O) groups is 1. The van der Waals surface area contributed by atoms with Crippen LogP contribution in [-0.2, 0) is 103 Å². The van der Waals surface area contributed by atoms with Crippen molar-refractivity contribution in [3.05, 3.63) is 82.6 Å². The number of rotatable bonds is 50. The lowest BCUT2D eigenvalue weighted by atomic mass is 9.77. The first-order valence-corrected chi connectivity index (χ1v) is 34.0. The number of hydrogen-bond acceptors (Lipinski definition) is 21. The van der Waals surface area contributed by atoms with Crippen LogP contribution in [0.15, 0.2) is 69.6 Å². The summed E-state index contributed by atoms with van der Waals surface area (Å²) >= 11 is 0. The van der Waals surface area contributed by atoms with Crippen molar-refractivity contribution in [1.29, 1.82) is 0 Å². The fourth-order valence-corrected chi connectivity index (χ4v) is 10.8. The number of aliphatic carboxylic acids is 1. The molecular weight excluding hydrogens is 1220 g/mol. The van der Waals surface area contributed by atoms with E-state index in [0.29, 0.717) is 154 Å². The first-order valence-electron chi connectivity index (χ1n) is 29.3. The van der Waals surface area contributed by atoms with Crippen LogP contribution in [0.4, 0.5) is 5.69 Å². The first-order chi connectivity index (χ1) is 41.9. The Balaban J connectivity index is 1.47. The number of anilines is 1. The van der Waals surface area contributed by atoms with Crippen LogP contribution < -0.4 is 14.8 Å². The maximum Gasteiger partial charge on any atom is 0.305 e. The molecule has 1 unspecified atom stereocenters. The van der Waals surface area contributed by atoms with Crippen molar-refractivity contribution >= 4 is 48.1 Å². The summed E-state index contributed by atoms with van der Waals surface area (Å²) in [7, 11) is -11.6. The van der Waals surface area contributed by atoms with E-state index < -0.39 is 53.2 Å². The van der Waals surface area contributed by atoms with E-state index in [0.717, 1.165) is 16.5 Å². The topological polar surface area (TPSA) is 331 Å². The Morgan fingerprint density at radius 2 is 1.08 bits per heavy atom. The van der Waals surface area contributed by atoms with Gasteiger partial charge in [-0.1, -0.05) is 26.8 Å². The molecule has 4 rings (SSSR count). The lowest BCUT2D eigenvalue weighted by Crippen LogP contribution is -2.35. The van der Waals surface area contributed by atoms with E-state index in [1.54, 1.807) is 25.3 Å². The number of carboxylic acid groups (broad SMARTS) is 1. The van der Waals surface area contributed by atoms with E-state index in [9.17, 15) is 43.7 Å².